The van der Waals surface area contributed by atoms with Crippen molar-refractivity contribution in [3.8, 4) is 0 Å². The molecule has 2 aliphatic carbocycles. The third-order valence-electron chi connectivity index (χ3n) is 5.94. The summed E-state index contributed by atoms with van der Waals surface area (Å²) in [6, 6.07) is 13.6. The molecule has 2 bridgehead atoms. The average Bonchev–Trinajstić information content (AvgIpc) is 3.32. The van der Waals surface area contributed by atoms with Crippen LogP contribution < -0.4 is 5.43 Å². The largest absolute Gasteiger partial charge is 0.273 e. The fourth-order valence-electron chi connectivity index (χ4n) is 4.80. The first-order valence-electron chi connectivity index (χ1n) is 8.96. The van der Waals surface area contributed by atoms with Crippen LogP contribution in [0.5, 0.6) is 0 Å². The second kappa shape index (κ2) is 5.53. The Hall–Kier alpha value is -2.95. The highest BCUT2D eigenvalue weighted by molar-refractivity contribution is 6.07. The summed E-state index contributed by atoms with van der Waals surface area (Å²) < 4.78 is 0. The van der Waals surface area contributed by atoms with Gasteiger partial charge in [0.25, 0.3) is 11.8 Å². The monoisotopic (exact) mass is 346 g/mol. The maximum absolute atomic E-state index is 12.6. The number of amides is 3. The van der Waals surface area contributed by atoms with Crippen molar-refractivity contribution in [3.63, 3.8) is 0 Å². The van der Waals surface area contributed by atoms with Crippen molar-refractivity contribution in [1.82, 2.24) is 10.4 Å². The zero-order chi connectivity index (χ0) is 17.8. The lowest BCUT2D eigenvalue weighted by Gasteiger charge is -2.18. The minimum Gasteiger partial charge on any atom is -0.273 e. The van der Waals surface area contributed by atoms with Gasteiger partial charge in [-0.1, -0.05) is 54.6 Å². The van der Waals surface area contributed by atoms with Crippen LogP contribution in [0.4, 0.5) is 0 Å². The molecule has 3 aliphatic rings. The van der Waals surface area contributed by atoms with Gasteiger partial charge in [0, 0.05) is 0 Å². The van der Waals surface area contributed by atoms with E-state index in [9.17, 15) is 14.4 Å². The molecule has 0 radical (unpaired) electrons. The van der Waals surface area contributed by atoms with Gasteiger partial charge in [0.05, 0.1) is 18.3 Å². The first kappa shape index (κ1) is 15.3. The number of rotatable bonds is 3. The maximum atomic E-state index is 12.6. The standard InChI is InChI=1S/C21H18N2O3/c24-17(11-13-6-3-5-12-4-1-2-7-16(12)13)22-23-20(25)18-14-8-9-15(10-14)19(18)21(23)26/h1-9,14-15,18-19H,10-11H2,(H,22,24)/t14-,15+,18+,19-. The van der Waals surface area contributed by atoms with Gasteiger partial charge in [-0.25, -0.2) is 0 Å². The summed E-state index contributed by atoms with van der Waals surface area (Å²) in [5, 5.41) is 3.03. The molecule has 1 saturated carbocycles. The van der Waals surface area contributed by atoms with Gasteiger partial charge in [0.15, 0.2) is 0 Å². The van der Waals surface area contributed by atoms with Crippen LogP contribution in [0.15, 0.2) is 54.6 Å². The zero-order valence-corrected chi connectivity index (χ0v) is 14.1. The molecule has 0 spiro atoms. The SMILES string of the molecule is O=C(Cc1cccc2ccccc12)NN1C(=O)[C@@H]2[C@H](C1=O)[C@H]1C=C[C@@H]2C1. The zero-order valence-electron chi connectivity index (χ0n) is 14.1. The van der Waals surface area contributed by atoms with Gasteiger partial charge in [-0.15, -0.1) is 0 Å². The third kappa shape index (κ3) is 2.13. The van der Waals surface area contributed by atoms with E-state index in [0.29, 0.717) is 0 Å². The maximum Gasteiger partial charge on any atom is 0.252 e. The van der Waals surface area contributed by atoms with Crippen LogP contribution in [0.1, 0.15) is 12.0 Å². The number of hydrogen-bond donors (Lipinski definition) is 1. The van der Waals surface area contributed by atoms with Gasteiger partial charge < -0.3 is 0 Å². The molecule has 5 nitrogen and oxygen atoms in total. The molecular weight excluding hydrogens is 328 g/mol. The first-order chi connectivity index (χ1) is 12.6. The number of nitrogens with one attached hydrogen (secondary N) is 1. The van der Waals surface area contributed by atoms with Crippen LogP contribution in [0.3, 0.4) is 0 Å². The Morgan fingerprint density at radius 1 is 0.962 bits per heavy atom. The normalized spacial score (nSPS) is 28.8. The lowest BCUT2D eigenvalue weighted by atomic mass is 9.85. The van der Waals surface area contributed by atoms with Gasteiger partial charge in [0.2, 0.25) is 5.91 Å². The van der Waals surface area contributed by atoms with Crippen molar-refractivity contribution in [2.45, 2.75) is 12.8 Å². The number of carbonyl (C=O) groups is 3. The molecular formula is C21H18N2O3. The highest BCUT2D eigenvalue weighted by Crippen LogP contribution is 2.52. The van der Waals surface area contributed by atoms with Crippen LogP contribution in [-0.2, 0) is 20.8 Å². The number of carbonyl (C=O) groups excluding carboxylic acids is 3. The lowest BCUT2D eigenvalue weighted by Crippen LogP contribution is -2.47. The van der Waals surface area contributed by atoms with E-state index in [1.807, 2.05) is 54.6 Å². The molecule has 1 N–H and O–H groups in total. The molecule has 5 heteroatoms. The fraction of sp³-hybridized carbons (Fsp3) is 0.286. The molecule has 3 amide bonds. The third-order valence-corrected chi connectivity index (χ3v) is 5.94. The van der Waals surface area contributed by atoms with Crippen molar-refractivity contribution in [3.05, 3.63) is 60.2 Å². The van der Waals surface area contributed by atoms with Gasteiger partial charge in [0.1, 0.15) is 0 Å². The molecule has 5 rings (SSSR count). The van der Waals surface area contributed by atoms with Crippen molar-refractivity contribution < 1.29 is 14.4 Å². The number of hydrogen-bond acceptors (Lipinski definition) is 3. The van der Waals surface area contributed by atoms with E-state index in [1.165, 1.54) is 0 Å². The second-order valence-electron chi connectivity index (χ2n) is 7.36. The summed E-state index contributed by atoms with van der Waals surface area (Å²) in [4.78, 5) is 37.8. The average molecular weight is 346 g/mol. The van der Waals surface area contributed by atoms with E-state index in [-0.39, 0.29) is 47.8 Å². The second-order valence-corrected chi connectivity index (χ2v) is 7.36. The molecule has 26 heavy (non-hydrogen) atoms. The molecule has 0 aromatic heterocycles. The van der Waals surface area contributed by atoms with Gasteiger partial charge in [-0.2, -0.15) is 5.01 Å². The smallest absolute Gasteiger partial charge is 0.252 e. The van der Waals surface area contributed by atoms with Crippen molar-refractivity contribution in [2.24, 2.45) is 23.7 Å². The highest BCUT2D eigenvalue weighted by atomic mass is 16.2. The Labute approximate surface area is 150 Å². The molecule has 2 aromatic carbocycles. The Morgan fingerprint density at radius 3 is 2.35 bits per heavy atom. The highest BCUT2D eigenvalue weighted by Gasteiger charge is 2.59. The van der Waals surface area contributed by atoms with Crippen molar-refractivity contribution >= 4 is 28.5 Å². The number of imide groups is 1. The van der Waals surface area contributed by atoms with Gasteiger partial charge in [-0.3, -0.25) is 19.8 Å². The van der Waals surface area contributed by atoms with Crippen LogP contribution in [0, 0.1) is 23.7 Å². The summed E-state index contributed by atoms with van der Waals surface area (Å²) in [6.07, 6.45) is 5.08. The minimum absolute atomic E-state index is 0.124. The number of fused-ring (bicyclic) bond motifs is 6. The molecule has 2 fully saturated rings. The molecule has 1 heterocycles. The van der Waals surface area contributed by atoms with E-state index in [0.717, 1.165) is 27.8 Å². The number of allylic oxidation sites excluding steroid dienone is 2. The summed E-state index contributed by atoms with van der Waals surface area (Å²) in [6.45, 7) is 0. The summed E-state index contributed by atoms with van der Waals surface area (Å²) in [5.74, 6) is -1.18. The van der Waals surface area contributed by atoms with E-state index < -0.39 is 0 Å². The predicted octanol–water partition coefficient (Wildman–Crippen LogP) is 2.22. The Balaban J connectivity index is 1.35. The van der Waals surface area contributed by atoms with Gasteiger partial charge in [-0.05, 0) is 34.6 Å². The molecule has 0 unspecified atom stereocenters. The quantitative estimate of drug-likeness (QED) is 0.684. The van der Waals surface area contributed by atoms with Gasteiger partial charge >= 0.3 is 0 Å². The topological polar surface area (TPSA) is 66.5 Å². The van der Waals surface area contributed by atoms with Crippen molar-refractivity contribution in [1.29, 1.82) is 0 Å². The first-order valence-corrected chi connectivity index (χ1v) is 8.96. The number of nitrogens with zero attached hydrogens (tertiary/aromatic N) is 1. The summed E-state index contributed by atoms with van der Waals surface area (Å²) in [7, 11) is 0. The Kier molecular flexibility index (Phi) is 3.26. The molecule has 1 saturated heterocycles. The summed E-state index contributed by atoms with van der Waals surface area (Å²) in [5.41, 5.74) is 3.43. The van der Waals surface area contributed by atoms with E-state index in [4.69, 9.17) is 0 Å². The molecule has 2 aromatic rings. The predicted molar refractivity (Wildman–Crippen MR) is 95.4 cm³/mol. The summed E-state index contributed by atoms with van der Waals surface area (Å²) >= 11 is 0. The van der Waals surface area contributed by atoms with Crippen molar-refractivity contribution in [2.75, 3.05) is 0 Å². The fourth-order valence-corrected chi connectivity index (χ4v) is 4.80. The van der Waals surface area contributed by atoms with E-state index >= 15 is 0 Å². The molecule has 1 aliphatic heterocycles. The lowest BCUT2D eigenvalue weighted by molar-refractivity contribution is -0.149. The number of hydrazine groups is 1. The molecule has 4 atom stereocenters. The van der Waals surface area contributed by atoms with Crippen LogP contribution in [-0.4, -0.2) is 22.7 Å². The Morgan fingerprint density at radius 2 is 1.62 bits per heavy atom. The number of benzene rings is 2. The Bertz CT molecular complexity index is 945. The van der Waals surface area contributed by atoms with Crippen LogP contribution in [0.25, 0.3) is 10.8 Å². The van der Waals surface area contributed by atoms with Crippen LogP contribution in [0.2, 0.25) is 0 Å². The minimum atomic E-state index is -0.344. The van der Waals surface area contributed by atoms with E-state index in [1.54, 1.807) is 0 Å². The molecule has 130 valence electrons. The van der Waals surface area contributed by atoms with E-state index in [2.05, 4.69) is 5.43 Å². The van der Waals surface area contributed by atoms with Crippen LogP contribution >= 0.6 is 0 Å².